The standard InChI is InChI=1S/C81H118N6O51/c1-23(94)82-42-50(103)61(35(16-90)122-70(42)87-41(98)13-32(71(114)115)86-81(117)120-20-31-29-11-7-5-9-27(29)28-10-6-8-12-30(28)31)131-73-43(83-24(2)95)51(104)64(38(19-93)125-73)134-78-60(113)65(135-80-68(59(112)66-69(138-80)72(116)130-66)137-75-45(85-26(4)97)53(106)62(36(17-91)127-75)132-76-57(110)54(107)46(99)33(14-88)123-76)49(102)39(128-78)21-119-79-67(56(109)47(100)34(15-89)124-79)136-74-44(84-25(3)96)52(105)63(37(18-92)126-74)133-77-58(111)55(108)48(101)40(129-77)22-121-118/h5-12,31-40,42-70,72-80,88-93,99-113,116,118H,13-22H2,1-4H3,(H,82,94)(H,83,95)(H,84,96)(H,85,97)(H,86,117)(H,87,98)(H,114,115)/t32?,33?,34?,35?,36?,37?,38?,39?,40?,42?,43?,44?,45?,46?,47?,48?,49?,50?,51?,52?,53?,54?,55?,56?,57?,58?,59?,60?,61-,62?,63?,64-,65?,66?,67?,68?,69?,70-,72?,73+,74?,75?,76?,77?,78?,79?,80?/m1/s1. The van der Waals surface area contributed by atoms with Crippen molar-refractivity contribution in [1.29, 1.82) is 0 Å². The Morgan fingerprint density at radius 3 is 1.14 bits per heavy atom. The summed E-state index contributed by atoms with van der Waals surface area (Å²) >= 11 is 0. The number of benzene rings is 2. The summed E-state index contributed by atoms with van der Waals surface area (Å²) in [4.78, 5) is 96.4. The van der Waals surface area contributed by atoms with Crippen LogP contribution < -0.4 is 31.9 Å². The van der Waals surface area contributed by atoms with Crippen LogP contribution in [0.5, 0.6) is 0 Å². The normalized spacial score (nSPS) is 43.2. The number of carboxylic acid groups (broad SMARTS) is 1. The Kier molecular flexibility index (Phi) is 36.9. The zero-order valence-electron chi connectivity index (χ0n) is 73.7. The third-order valence-electron chi connectivity index (χ3n) is 25.4. The maximum Gasteiger partial charge on any atom is 0.407 e. The molecule has 1 aliphatic carbocycles. The molecule has 0 bridgehead atoms. The topological polar surface area (TPSA) is 862 Å². The molecule has 11 aliphatic rings. The van der Waals surface area contributed by atoms with Crippen LogP contribution in [0.25, 0.3) is 11.1 Å². The largest absolute Gasteiger partial charge is 0.480 e. The second kappa shape index (κ2) is 47.1. The van der Waals surface area contributed by atoms with Gasteiger partial charge in [0.25, 0.3) is 0 Å². The number of hydrogen-bond donors (Lipinski definition) is 30. The highest BCUT2D eigenvalue weighted by Crippen LogP contribution is 2.47. The summed E-state index contributed by atoms with van der Waals surface area (Å²) in [7, 11) is 0. The van der Waals surface area contributed by atoms with Gasteiger partial charge in [0.2, 0.25) is 29.5 Å². The first-order chi connectivity index (χ1) is 65.7. The maximum absolute atomic E-state index is 13.9. The van der Waals surface area contributed by atoms with Gasteiger partial charge in [0.15, 0.2) is 62.8 Å². The Morgan fingerprint density at radius 1 is 0.333 bits per heavy atom. The number of amides is 6. The minimum Gasteiger partial charge on any atom is -0.480 e. The van der Waals surface area contributed by atoms with Crippen LogP contribution in [0.2, 0.25) is 0 Å². The number of carboxylic acids is 1. The van der Waals surface area contributed by atoms with Gasteiger partial charge in [-0.15, -0.1) is 0 Å². The molecule has 0 spiro atoms. The Morgan fingerprint density at radius 2 is 0.703 bits per heavy atom. The van der Waals surface area contributed by atoms with Crippen molar-refractivity contribution in [3.8, 4) is 11.1 Å². The molecular weight excluding hydrogens is 1870 g/mol. The molecule has 2 aromatic rings. The van der Waals surface area contributed by atoms with Crippen molar-refractivity contribution >= 4 is 41.6 Å². The third-order valence-corrected chi connectivity index (χ3v) is 25.4. The summed E-state index contributed by atoms with van der Waals surface area (Å²) in [5.74, 6) is -7.22. The smallest absolute Gasteiger partial charge is 0.407 e. The number of aliphatic hydroxyl groups excluding tert-OH is 22. The molecule has 0 saturated carbocycles. The number of fused-ring (bicyclic) bond motifs is 4. The zero-order chi connectivity index (χ0) is 100. The monoisotopic (exact) mass is 1990 g/mol. The first kappa shape index (κ1) is 108. The molecule has 10 aliphatic heterocycles. The molecule has 43 unspecified atom stereocenters. The van der Waals surface area contributed by atoms with E-state index >= 15 is 0 Å². The molecule has 57 nitrogen and oxygen atoms in total. The third kappa shape index (κ3) is 23.4. The highest BCUT2D eigenvalue weighted by atomic mass is 17.1. The average molecular weight is 1990 g/mol. The lowest BCUT2D eigenvalue weighted by molar-refractivity contribution is -0.441. The summed E-state index contributed by atoms with van der Waals surface area (Å²) in [5.41, 5.74) is 3.42. The van der Waals surface area contributed by atoms with Gasteiger partial charge >= 0.3 is 12.1 Å². The summed E-state index contributed by atoms with van der Waals surface area (Å²) in [5, 5.41) is 284. The molecule has 0 aromatic heterocycles. The molecular formula is C81H118N6O51. The van der Waals surface area contributed by atoms with Gasteiger partial charge < -0.3 is 239 Å². The predicted octanol–water partition coefficient (Wildman–Crippen LogP) is -16.7. The van der Waals surface area contributed by atoms with E-state index in [1.54, 1.807) is 12.1 Å². The van der Waals surface area contributed by atoms with Crippen LogP contribution >= 0.6 is 0 Å². The molecule has 10 heterocycles. The van der Waals surface area contributed by atoms with Gasteiger partial charge in [0.1, 0.15) is 239 Å². The van der Waals surface area contributed by atoms with Crippen molar-refractivity contribution in [3.63, 3.8) is 0 Å². The summed E-state index contributed by atoms with van der Waals surface area (Å²) in [6.07, 6.45) is -90.0. The van der Waals surface area contributed by atoms with Gasteiger partial charge in [-0.3, -0.25) is 29.2 Å². The molecule has 30 N–H and O–H groups in total. The fraction of sp³-hybridized carbons (Fsp3) is 0.765. The van der Waals surface area contributed by atoms with E-state index in [1.807, 2.05) is 36.4 Å². The number of aliphatic carboxylic acids is 1. The van der Waals surface area contributed by atoms with E-state index < -0.39 is 395 Å². The lowest BCUT2D eigenvalue weighted by Crippen LogP contribution is -2.73. The summed E-state index contributed by atoms with van der Waals surface area (Å²) in [6.45, 7) is -5.44. The summed E-state index contributed by atoms with van der Waals surface area (Å²) < 4.78 is 114. The molecule has 13 rings (SSSR count). The zero-order valence-corrected chi connectivity index (χ0v) is 73.7. The van der Waals surface area contributed by atoms with E-state index in [2.05, 4.69) is 36.8 Å². The quantitative estimate of drug-likeness (QED) is 0.0222. The molecule has 2 aromatic carbocycles. The fourth-order valence-corrected chi connectivity index (χ4v) is 18.4. The molecule has 57 heteroatoms. The van der Waals surface area contributed by atoms with Crippen LogP contribution in [-0.2, 0) is 124 Å². The molecule has 6 amide bonds. The highest BCUT2D eigenvalue weighted by Gasteiger charge is 2.64. The Balaban J connectivity index is 0.773. The minimum absolute atomic E-state index is 0.259. The molecule has 10 saturated heterocycles. The number of nitrogens with one attached hydrogen (secondary N) is 6. The second-order valence-corrected chi connectivity index (χ2v) is 34.7. The van der Waals surface area contributed by atoms with Gasteiger partial charge in [-0.05, 0) is 22.3 Å². The van der Waals surface area contributed by atoms with E-state index in [9.17, 15) is 151 Å². The number of carbonyl (C=O) groups is 7. The van der Waals surface area contributed by atoms with Gasteiger partial charge in [0.05, 0.1) is 52.7 Å². The van der Waals surface area contributed by atoms with Crippen molar-refractivity contribution in [2.45, 2.75) is 328 Å². The first-order valence-corrected chi connectivity index (χ1v) is 44.0. The summed E-state index contributed by atoms with van der Waals surface area (Å²) in [6, 6.07) is 4.91. The van der Waals surface area contributed by atoms with Crippen molar-refractivity contribution in [2.24, 2.45) is 0 Å². The van der Waals surface area contributed by atoms with E-state index in [-0.39, 0.29) is 6.61 Å². The van der Waals surface area contributed by atoms with Crippen LogP contribution in [0.15, 0.2) is 48.5 Å². The predicted molar refractivity (Wildman–Crippen MR) is 433 cm³/mol. The fourth-order valence-electron chi connectivity index (χ4n) is 18.4. The van der Waals surface area contributed by atoms with Gasteiger partial charge in [-0.25, -0.2) is 14.5 Å². The number of hydrogen-bond acceptors (Lipinski definition) is 50. The van der Waals surface area contributed by atoms with Crippen LogP contribution in [0.4, 0.5) is 4.79 Å². The number of aliphatic hydroxyl groups is 22. The first-order valence-electron chi connectivity index (χ1n) is 44.0. The van der Waals surface area contributed by atoms with Gasteiger partial charge in [-0.1, -0.05) is 48.5 Å². The number of rotatable bonds is 36. The van der Waals surface area contributed by atoms with Crippen molar-refractivity contribution < 1.29 is 251 Å². The minimum atomic E-state index is -2.62. The van der Waals surface area contributed by atoms with E-state index in [0.717, 1.165) is 49.9 Å². The van der Waals surface area contributed by atoms with E-state index in [1.165, 1.54) is 0 Å². The van der Waals surface area contributed by atoms with Crippen LogP contribution in [0.3, 0.4) is 0 Å². The van der Waals surface area contributed by atoms with Crippen LogP contribution in [0.1, 0.15) is 51.2 Å². The van der Waals surface area contributed by atoms with Crippen molar-refractivity contribution in [3.05, 3.63) is 59.7 Å². The number of carbonyl (C=O) groups excluding carboxylic acids is 6. The lowest BCUT2D eigenvalue weighted by atomic mass is 9.92. The number of ether oxygens (including phenoxy) is 19. The maximum atomic E-state index is 13.9. The lowest BCUT2D eigenvalue weighted by Gasteiger charge is -2.54. The van der Waals surface area contributed by atoms with Crippen molar-refractivity contribution in [1.82, 2.24) is 31.9 Å². The van der Waals surface area contributed by atoms with Gasteiger partial charge in [0, 0.05) is 33.6 Å². The Hall–Kier alpha value is -7.15. The SMILES string of the molecule is CC(=O)NC1C(OC2C(OCC3OC(O[C@@H]4C(CO)O[C@@H](O[C@@H]5C(CO)O[C@@H](NC(=O)CC(NC(=O)OCC6c7ccccc7-c7ccccc76)C(=O)O)C(NC(C)=O)C5O)C(NC(C)=O)C4O)C(O)C(OC4OC5C(O)OC5C(O)C4OC4OC(CO)C(OC5OC(CO)C(O)C(O)C5O)C(O)C4NC(C)=O)C3O)OC(CO)C(O)C2O)OC(CO)C(OC2OC(COO)C(O)C(O)C2O)C1O. The molecule has 47 atom stereocenters. The van der Waals surface area contributed by atoms with Crippen molar-refractivity contribution in [2.75, 3.05) is 59.5 Å². The molecule has 10 fully saturated rings. The Labute approximate surface area is 780 Å². The number of alkyl carbamates (subject to hydrolysis) is 1. The van der Waals surface area contributed by atoms with E-state index in [0.29, 0.717) is 0 Å². The van der Waals surface area contributed by atoms with Crippen LogP contribution in [0, 0.1) is 0 Å². The second-order valence-electron chi connectivity index (χ2n) is 34.7. The average Bonchev–Trinajstić information content (AvgIpc) is 0.997. The Bertz CT molecular complexity index is 4330. The molecule has 138 heavy (non-hydrogen) atoms. The van der Waals surface area contributed by atoms with Gasteiger partial charge in [-0.2, -0.15) is 0 Å². The van der Waals surface area contributed by atoms with Crippen LogP contribution in [-0.4, -0.2) is 512 Å². The molecule has 778 valence electrons. The molecule has 0 radical (unpaired) electrons. The highest BCUT2D eigenvalue weighted by molar-refractivity contribution is 5.87. The van der Waals surface area contributed by atoms with E-state index in [4.69, 9.17) is 95.3 Å².